The highest BCUT2D eigenvalue weighted by Gasteiger charge is 2.06. The average molecular weight is 240 g/mol. The van der Waals surface area contributed by atoms with Gasteiger partial charge in [0, 0.05) is 6.92 Å². The first-order valence-corrected chi connectivity index (χ1v) is 5.96. The van der Waals surface area contributed by atoms with Crippen LogP contribution in [-0.4, -0.2) is 5.97 Å². The van der Waals surface area contributed by atoms with Crippen molar-refractivity contribution in [2.75, 3.05) is 0 Å². The Balaban J connectivity index is 2.33. The van der Waals surface area contributed by atoms with E-state index in [1.54, 1.807) is 0 Å². The standard InChI is InChI=1S/C16H16O2/c1-12-15(11-18-13(2)17)9-6-10-16(12)14-7-4-3-5-8-14/h3-10H,11H2,1-2H3. The third-order valence-electron chi connectivity index (χ3n) is 2.96. The molecule has 0 atom stereocenters. The number of esters is 1. The number of carbonyl (C=O) groups excluding carboxylic acids is 1. The summed E-state index contributed by atoms with van der Waals surface area (Å²) in [4.78, 5) is 10.9. The quantitative estimate of drug-likeness (QED) is 0.764. The molecule has 0 aliphatic heterocycles. The van der Waals surface area contributed by atoms with Gasteiger partial charge in [-0.15, -0.1) is 0 Å². The molecule has 0 aliphatic carbocycles. The van der Waals surface area contributed by atoms with E-state index >= 15 is 0 Å². The molecule has 0 unspecified atom stereocenters. The molecule has 0 N–H and O–H groups in total. The summed E-state index contributed by atoms with van der Waals surface area (Å²) in [6.07, 6.45) is 0. The molecule has 2 aromatic carbocycles. The van der Waals surface area contributed by atoms with E-state index in [9.17, 15) is 4.79 Å². The molecule has 0 radical (unpaired) electrons. The van der Waals surface area contributed by atoms with E-state index in [1.165, 1.54) is 18.1 Å². The normalized spacial score (nSPS) is 10.1. The van der Waals surface area contributed by atoms with Crippen LogP contribution in [0, 0.1) is 6.92 Å². The molecule has 0 aromatic heterocycles. The summed E-state index contributed by atoms with van der Waals surface area (Å²) in [6, 6.07) is 16.3. The van der Waals surface area contributed by atoms with Gasteiger partial charge in [-0.3, -0.25) is 4.79 Å². The SMILES string of the molecule is CC(=O)OCc1cccc(-c2ccccc2)c1C. The van der Waals surface area contributed by atoms with Crippen LogP contribution >= 0.6 is 0 Å². The summed E-state index contributed by atoms with van der Waals surface area (Å²) in [5, 5.41) is 0. The highest BCUT2D eigenvalue weighted by Crippen LogP contribution is 2.25. The molecule has 2 rings (SSSR count). The van der Waals surface area contributed by atoms with Gasteiger partial charge in [0.25, 0.3) is 0 Å². The topological polar surface area (TPSA) is 26.3 Å². The van der Waals surface area contributed by atoms with E-state index < -0.39 is 0 Å². The number of benzene rings is 2. The molecule has 0 fully saturated rings. The lowest BCUT2D eigenvalue weighted by molar-refractivity contribution is -0.142. The van der Waals surface area contributed by atoms with Crippen LogP contribution in [0.4, 0.5) is 0 Å². The molecule has 0 aliphatic rings. The molecule has 0 heterocycles. The second-order valence-electron chi connectivity index (χ2n) is 4.24. The Kier molecular flexibility index (Phi) is 3.78. The monoisotopic (exact) mass is 240 g/mol. The fourth-order valence-electron chi connectivity index (χ4n) is 1.95. The maximum Gasteiger partial charge on any atom is 0.302 e. The summed E-state index contributed by atoms with van der Waals surface area (Å²) in [5.74, 6) is -0.250. The molecule has 2 aromatic rings. The van der Waals surface area contributed by atoms with E-state index in [-0.39, 0.29) is 5.97 Å². The van der Waals surface area contributed by atoms with Crippen molar-refractivity contribution >= 4 is 5.97 Å². The van der Waals surface area contributed by atoms with Crippen LogP contribution in [0.3, 0.4) is 0 Å². The molecule has 2 nitrogen and oxygen atoms in total. The Morgan fingerprint density at radius 2 is 1.78 bits per heavy atom. The molecule has 0 bridgehead atoms. The van der Waals surface area contributed by atoms with E-state index in [0.29, 0.717) is 6.61 Å². The van der Waals surface area contributed by atoms with Gasteiger partial charge in [0.15, 0.2) is 0 Å². The smallest absolute Gasteiger partial charge is 0.302 e. The number of hydrogen-bond donors (Lipinski definition) is 0. The minimum atomic E-state index is -0.250. The Morgan fingerprint density at radius 1 is 1.06 bits per heavy atom. The van der Waals surface area contributed by atoms with Gasteiger partial charge in [-0.05, 0) is 29.2 Å². The van der Waals surface area contributed by atoms with Gasteiger partial charge in [0.1, 0.15) is 6.61 Å². The van der Waals surface area contributed by atoms with Crippen molar-refractivity contribution in [3.05, 3.63) is 59.7 Å². The highest BCUT2D eigenvalue weighted by molar-refractivity contribution is 5.69. The van der Waals surface area contributed by atoms with E-state index in [2.05, 4.69) is 25.1 Å². The Bertz CT molecular complexity index is 544. The lowest BCUT2D eigenvalue weighted by Crippen LogP contribution is -2.01. The number of rotatable bonds is 3. The van der Waals surface area contributed by atoms with Crippen LogP contribution < -0.4 is 0 Å². The van der Waals surface area contributed by atoms with Gasteiger partial charge in [0.05, 0.1) is 0 Å². The Hall–Kier alpha value is -2.09. The van der Waals surface area contributed by atoms with Crippen molar-refractivity contribution in [2.24, 2.45) is 0 Å². The van der Waals surface area contributed by atoms with Crippen LogP contribution in [0.15, 0.2) is 48.5 Å². The zero-order valence-corrected chi connectivity index (χ0v) is 10.6. The summed E-state index contributed by atoms with van der Waals surface area (Å²) in [5.41, 5.74) is 4.57. The zero-order chi connectivity index (χ0) is 13.0. The van der Waals surface area contributed by atoms with E-state index in [4.69, 9.17) is 4.74 Å². The van der Waals surface area contributed by atoms with Gasteiger partial charge in [-0.2, -0.15) is 0 Å². The molecule has 0 saturated carbocycles. The second kappa shape index (κ2) is 5.50. The molecule has 92 valence electrons. The van der Waals surface area contributed by atoms with Gasteiger partial charge in [0.2, 0.25) is 0 Å². The predicted molar refractivity (Wildman–Crippen MR) is 72.1 cm³/mol. The fourth-order valence-corrected chi connectivity index (χ4v) is 1.95. The van der Waals surface area contributed by atoms with Gasteiger partial charge in [-0.25, -0.2) is 0 Å². The van der Waals surface area contributed by atoms with Crippen LogP contribution in [0.1, 0.15) is 18.1 Å². The highest BCUT2D eigenvalue weighted by atomic mass is 16.5. The molecule has 0 amide bonds. The second-order valence-corrected chi connectivity index (χ2v) is 4.24. The summed E-state index contributed by atoms with van der Waals surface area (Å²) in [6.45, 7) is 3.82. The third-order valence-corrected chi connectivity index (χ3v) is 2.96. The first-order valence-electron chi connectivity index (χ1n) is 5.96. The Morgan fingerprint density at radius 3 is 2.44 bits per heavy atom. The van der Waals surface area contributed by atoms with Crippen molar-refractivity contribution in [3.63, 3.8) is 0 Å². The first-order chi connectivity index (χ1) is 8.68. The van der Waals surface area contributed by atoms with Crippen LogP contribution in [0.5, 0.6) is 0 Å². The maximum atomic E-state index is 10.9. The predicted octanol–water partition coefficient (Wildman–Crippen LogP) is 3.73. The van der Waals surface area contributed by atoms with Crippen molar-refractivity contribution in [2.45, 2.75) is 20.5 Å². The van der Waals surface area contributed by atoms with Crippen LogP contribution in [0.25, 0.3) is 11.1 Å². The largest absolute Gasteiger partial charge is 0.461 e. The first kappa shape index (κ1) is 12.4. The number of hydrogen-bond acceptors (Lipinski definition) is 2. The van der Waals surface area contributed by atoms with Gasteiger partial charge < -0.3 is 4.74 Å². The van der Waals surface area contributed by atoms with E-state index in [0.717, 1.165) is 11.1 Å². The van der Waals surface area contributed by atoms with Gasteiger partial charge >= 0.3 is 5.97 Å². The summed E-state index contributed by atoms with van der Waals surface area (Å²) in [7, 11) is 0. The molecular weight excluding hydrogens is 224 g/mol. The fraction of sp³-hybridized carbons (Fsp3) is 0.188. The lowest BCUT2D eigenvalue weighted by atomic mass is 9.97. The van der Waals surface area contributed by atoms with Crippen LogP contribution in [-0.2, 0) is 16.1 Å². The molecule has 0 saturated heterocycles. The van der Waals surface area contributed by atoms with Crippen LogP contribution in [0.2, 0.25) is 0 Å². The lowest BCUT2D eigenvalue weighted by Gasteiger charge is -2.11. The Labute approximate surface area is 107 Å². The molecule has 2 heteroatoms. The molecule has 18 heavy (non-hydrogen) atoms. The third kappa shape index (κ3) is 2.77. The van der Waals surface area contributed by atoms with Crippen molar-refractivity contribution < 1.29 is 9.53 Å². The van der Waals surface area contributed by atoms with Crippen molar-refractivity contribution in [1.29, 1.82) is 0 Å². The van der Waals surface area contributed by atoms with E-state index in [1.807, 2.05) is 30.3 Å². The summed E-state index contributed by atoms with van der Waals surface area (Å²) >= 11 is 0. The van der Waals surface area contributed by atoms with Gasteiger partial charge in [-0.1, -0.05) is 48.5 Å². The van der Waals surface area contributed by atoms with Crippen molar-refractivity contribution in [3.8, 4) is 11.1 Å². The average Bonchev–Trinajstić information content (AvgIpc) is 2.38. The zero-order valence-electron chi connectivity index (χ0n) is 10.6. The number of ether oxygens (including phenoxy) is 1. The molecular formula is C16H16O2. The number of carbonyl (C=O) groups is 1. The molecule has 0 spiro atoms. The maximum absolute atomic E-state index is 10.9. The summed E-state index contributed by atoms with van der Waals surface area (Å²) < 4.78 is 5.06. The minimum Gasteiger partial charge on any atom is -0.461 e. The minimum absolute atomic E-state index is 0.250. The van der Waals surface area contributed by atoms with Crippen molar-refractivity contribution in [1.82, 2.24) is 0 Å².